The van der Waals surface area contributed by atoms with Crippen LogP contribution in [0.15, 0.2) is 0 Å². The number of aromatic nitrogens is 1. The molecule has 1 rings (SSSR count). The number of amides is 1. The lowest BCUT2D eigenvalue weighted by Gasteiger charge is -2.09. The van der Waals surface area contributed by atoms with Crippen LogP contribution in [0.3, 0.4) is 0 Å². The van der Waals surface area contributed by atoms with Crippen LogP contribution in [-0.2, 0) is 21.3 Å². The minimum atomic E-state index is -0.898. The van der Waals surface area contributed by atoms with Crippen molar-refractivity contribution in [3.05, 3.63) is 15.6 Å². The quantitative estimate of drug-likeness (QED) is 0.803. The Bertz CT molecular complexity index is 441. The van der Waals surface area contributed by atoms with Gasteiger partial charge in [0.15, 0.2) is 0 Å². The van der Waals surface area contributed by atoms with E-state index < -0.39 is 10.8 Å². The Balaban J connectivity index is 2.34. The number of hydrogen-bond donors (Lipinski definition) is 0. The third-order valence-corrected chi connectivity index (χ3v) is 5.16. The highest BCUT2D eigenvalue weighted by atomic mass is 32.2. The van der Waals surface area contributed by atoms with Gasteiger partial charge < -0.3 is 4.90 Å². The van der Waals surface area contributed by atoms with E-state index in [1.54, 1.807) is 30.3 Å². The molecule has 0 saturated heterocycles. The highest BCUT2D eigenvalue weighted by Gasteiger charge is 2.10. The third kappa shape index (κ3) is 4.86. The lowest BCUT2D eigenvalue weighted by atomic mass is 10.3. The van der Waals surface area contributed by atoms with Crippen LogP contribution in [0.25, 0.3) is 0 Å². The molecule has 102 valence electrons. The maximum Gasteiger partial charge on any atom is 0.222 e. The highest BCUT2D eigenvalue weighted by molar-refractivity contribution is 7.84. The van der Waals surface area contributed by atoms with E-state index in [2.05, 4.69) is 4.98 Å². The fourth-order valence-electron chi connectivity index (χ4n) is 1.53. The second-order valence-corrected chi connectivity index (χ2v) is 7.29. The van der Waals surface area contributed by atoms with Crippen LogP contribution >= 0.6 is 11.3 Å². The Morgan fingerprint density at radius 2 is 2.06 bits per heavy atom. The van der Waals surface area contributed by atoms with Gasteiger partial charge in [0.05, 0.1) is 16.5 Å². The SMILES string of the molecule is Cc1nc(C)c(C[S@](=O)CCCC(=O)N(C)C)s1. The Labute approximate surface area is 115 Å². The minimum Gasteiger partial charge on any atom is -0.349 e. The van der Waals surface area contributed by atoms with Crippen LogP contribution in [0.2, 0.25) is 0 Å². The normalized spacial score (nSPS) is 12.4. The number of aryl methyl sites for hydroxylation is 2. The minimum absolute atomic E-state index is 0.0943. The summed E-state index contributed by atoms with van der Waals surface area (Å²) >= 11 is 1.61. The van der Waals surface area contributed by atoms with Crippen LogP contribution < -0.4 is 0 Å². The van der Waals surface area contributed by atoms with Crippen LogP contribution in [0.1, 0.15) is 28.4 Å². The van der Waals surface area contributed by atoms with E-state index in [1.807, 2.05) is 13.8 Å². The Hall–Kier alpha value is -0.750. The van der Waals surface area contributed by atoms with Gasteiger partial charge in [-0.15, -0.1) is 11.3 Å². The molecule has 0 radical (unpaired) electrons. The van der Waals surface area contributed by atoms with Gasteiger partial charge in [-0.25, -0.2) is 4.98 Å². The second kappa shape index (κ2) is 6.99. The predicted molar refractivity (Wildman–Crippen MR) is 76.2 cm³/mol. The van der Waals surface area contributed by atoms with Gasteiger partial charge in [0, 0.05) is 41.9 Å². The van der Waals surface area contributed by atoms with E-state index in [0.29, 0.717) is 24.3 Å². The lowest BCUT2D eigenvalue weighted by molar-refractivity contribution is -0.128. The average molecular weight is 288 g/mol. The van der Waals surface area contributed by atoms with Crippen molar-refractivity contribution in [3.63, 3.8) is 0 Å². The molecular formula is C12H20N2O2S2. The van der Waals surface area contributed by atoms with Crippen molar-refractivity contribution in [2.24, 2.45) is 0 Å². The molecule has 1 heterocycles. The second-order valence-electron chi connectivity index (χ2n) is 4.42. The monoisotopic (exact) mass is 288 g/mol. The van der Waals surface area contributed by atoms with Gasteiger partial charge in [-0.05, 0) is 20.3 Å². The summed E-state index contributed by atoms with van der Waals surface area (Å²) < 4.78 is 11.9. The van der Waals surface area contributed by atoms with Gasteiger partial charge in [-0.2, -0.15) is 0 Å². The zero-order chi connectivity index (χ0) is 13.7. The summed E-state index contributed by atoms with van der Waals surface area (Å²) in [6.07, 6.45) is 1.15. The molecule has 1 amide bonds. The summed E-state index contributed by atoms with van der Waals surface area (Å²) in [6.45, 7) is 3.91. The Morgan fingerprint density at radius 3 is 2.56 bits per heavy atom. The number of hydrogen-bond acceptors (Lipinski definition) is 4. The number of nitrogens with zero attached hydrogens (tertiary/aromatic N) is 2. The fraction of sp³-hybridized carbons (Fsp3) is 0.667. The Morgan fingerprint density at radius 1 is 1.39 bits per heavy atom. The molecule has 1 aromatic rings. The van der Waals surface area contributed by atoms with Crippen LogP contribution in [-0.4, -0.2) is 39.8 Å². The van der Waals surface area contributed by atoms with E-state index in [-0.39, 0.29) is 5.91 Å². The number of rotatable bonds is 6. The van der Waals surface area contributed by atoms with Crippen LogP contribution in [0, 0.1) is 13.8 Å². The van der Waals surface area contributed by atoms with Gasteiger partial charge >= 0.3 is 0 Å². The first-order valence-corrected chi connectivity index (χ1v) is 8.18. The molecule has 0 aromatic carbocycles. The van der Waals surface area contributed by atoms with E-state index in [9.17, 15) is 9.00 Å². The molecule has 4 nitrogen and oxygen atoms in total. The summed E-state index contributed by atoms with van der Waals surface area (Å²) in [5, 5.41) is 1.02. The molecule has 0 aliphatic carbocycles. The molecule has 18 heavy (non-hydrogen) atoms. The fourth-order valence-corrected chi connectivity index (χ4v) is 4.01. The Kier molecular flexibility index (Phi) is 5.95. The van der Waals surface area contributed by atoms with E-state index in [0.717, 1.165) is 15.6 Å². The van der Waals surface area contributed by atoms with Crippen molar-refractivity contribution in [2.45, 2.75) is 32.4 Å². The molecule has 0 fully saturated rings. The molecular weight excluding hydrogens is 268 g/mol. The van der Waals surface area contributed by atoms with Crippen LogP contribution in [0.4, 0.5) is 0 Å². The summed E-state index contributed by atoms with van der Waals surface area (Å²) in [5.74, 6) is 1.24. The molecule has 1 atom stereocenters. The molecule has 0 N–H and O–H groups in total. The molecule has 6 heteroatoms. The van der Waals surface area contributed by atoms with Crippen molar-refractivity contribution in [1.29, 1.82) is 0 Å². The molecule has 0 aliphatic heterocycles. The number of carbonyl (C=O) groups is 1. The third-order valence-electron chi connectivity index (χ3n) is 2.55. The van der Waals surface area contributed by atoms with Gasteiger partial charge in [0.25, 0.3) is 0 Å². The maximum absolute atomic E-state index is 11.9. The summed E-state index contributed by atoms with van der Waals surface area (Å²) in [6, 6.07) is 0. The molecule has 0 unspecified atom stereocenters. The average Bonchev–Trinajstić information content (AvgIpc) is 2.57. The van der Waals surface area contributed by atoms with Crippen molar-refractivity contribution in [1.82, 2.24) is 9.88 Å². The standard InChI is InChI=1S/C12H20N2O2S2/c1-9-11(17-10(2)13-9)8-18(16)7-5-6-12(15)14(3)4/h5-8H2,1-4H3/t18-/m1/s1. The predicted octanol–water partition coefficient (Wildman–Crippen LogP) is 1.88. The first-order chi connectivity index (χ1) is 8.40. The maximum atomic E-state index is 11.9. The topological polar surface area (TPSA) is 50.3 Å². The molecule has 0 aliphatic rings. The van der Waals surface area contributed by atoms with Gasteiger partial charge in [-0.3, -0.25) is 9.00 Å². The number of carbonyl (C=O) groups excluding carboxylic acids is 1. The van der Waals surface area contributed by atoms with Gasteiger partial charge in [0.2, 0.25) is 5.91 Å². The lowest BCUT2D eigenvalue weighted by Crippen LogP contribution is -2.21. The molecule has 0 spiro atoms. The summed E-state index contributed by atoms with van der Waals surface area (Å²) in [7, 11) is 2.58. The van der Waals surface area contributed by atoms with E-state index in [4.69, 9.17) is 0 Å². The smallest absolute Gasteiger partial charge is 0.222 e. The zero-order valence-electron chi connectivity index (χ0n) is 11.4. The summed E-state index contributed by atoms with van der Waals surface area (Å²) in [4.78, 5) is 18.3. The zero-order valence-corrected chi connectivity index (χ0v) is 13.0. The molecule has 1 aromatic heterocycles. The first-order valence-electron chi connectivity index (χ1n) is 5.88. The van der Waals surface area contributed by atoms with Crippen molar-refractivity contribution < 1.29 is 9.00 Å². The largest absolute Gasteiger partial charge is 0.349 e. The van der Waals surface area contributed by atoms with Crippen LogP contribution in [0.5, 0.6) is 0 Å². The highest BCUT2D eigenvalue weighted by Crippen LogP contribution is 2.19. The van der Waals surface area contributed by atoms with Crippen molar-refractivity contribution in [2.75, 3.05) is 19.8 Å². The van der Waals surface area contributed by atoms with Gasteiger partial charge in [0.1, 0.15) is 0 Å². The first kappa shape index (κ1) is 15.3. The number of thiazole rings is 1. The summed E-state index contributed by atoms with van der Waals surface area (Å²) in [5.41, 5.74) is 0.982. The van der Waals surface area contributed by atoms with E-state index in [1.165, 1.54) is 0 Å². The molecule has 0 bridgehead atoms. The van der Waals surface area contributed by atoms with E-state index >= 15 is 0 Å². The van der Waals surface area contributed by atoms with Crippen molar-refractivity contribution >= 4 is 28.0 Å². The van der Waals surface area contributed by atoms with Gasteiger partial charge in [-0.1, -0.05) is 0 Å². The van der Waals surface area contributed by atoms with Crippen molar-refractivity contribution in [3.8, 4) is 0 Å². The molecule has 0 saturated carbocycles.